The fourth-order valence-corrected chi connectivity index (χ4v) is 1.65. The molecule has 2 heteroatoms. The molecule has 0 aromatic rings. The molecule has 12 heavy (non-hydrogen) atoms. The van der Waals surface area contributed by atoms with Crippen molar-refractivity contribution in [2.75, 3.05) is 0 Å². The van der Waals surface area contributed by atoms with E-state index in [4.69, 9.17) is 9.78 Å². The molecule has 2 aliphatic heterocycles. The summed E-state index contributed by atoms with van der Waals surface area (Å²) >= 11 is 0. The van der Waals surface area contributed by atoms with Crippen molar-refractivity contribution in [2.24, 2.45) is 11.8 Å². The molecule has 3 atom stereocenters. The lowest BCUT2D eigenvalue weighted by molar-refractivity contribution is -0.334. The number of rotatable bonds is 1. The van der Waals surface area contributed by atoms with Crippen LogP contribution in [0.4, 0.5) is 0 Å². The molecule has 0 fully saturated rings. The van der Waals surface area contributed by atoms with Gasteiger partial charge in [0.1, 0.15) is 12.2 Å². The van der Waals surface area contributed by atoms with Crippen LogP contribution in [0.3, 0.4) is 0 Å². The zero-order valence-electron chi connectivity index (χ0n) is 7.44. The van der Waals surface area contributed by atoms with Crippen molar-refractivity contribution in [2.45, 2.75) is 26.1 Å². The second kappa shape index (κ2) is 3.04. The van der Waals surface area contributed by atoms with Gasteiger partial charge in [-0.3, -0.25) is 0 Å². The topological polar surface area (TPSA) is 18.5 Å². The Hall–Kier alpha value is -0.600. The van der Waals surface area contributed by atoms with Gasteiger partial charge in [0.2, 0.25) is 0 Å². The molecule has 0 N–H and O–H groups in total. The molecule has 3 aliphatic rings. The van der Waals surface area contributed by atoms with Gasteiger partial charge in [-0.05, 0) is 5.92 Å². The molecule has 66 valence electrons. The standard InChI is InChI=1S/C10H14O2/c1-7(2)9-5-3-8-4-6-10(9)12-11-8/h3-10H,1-2H3/t8-,9?,10-/m1/s1. The van der Waals surface area contributed by atoms with E-state index in [1.54, 1.807) is 0 Å². The molecule has 0 aromatic heterocycles. The van der Waals surface area contributed by atoms with Gasteiger partial charge in [-0.2, -0.15) is 0 Å². The smallest absolute Gasteiger partial charge is 0.129 e. The lowest BCUT2D eigenvalue weighted by Crippen LogP contribution is -2.26. The summed E-state index contributed by atoms with van der Waals surface area (Å²) in [6.45, 7) is 4.40. The van der Waals surface area contributed by atoms with E-state index < -0.39 is 0 Å². The summed E-state index contributed by atoms with van der Waals surface area (Å²) in [4.78, 5) is 10.3. The molecule has 0 radical (unpaired) electrons. The van der Waals surface area contributed by atoms with E-state index in [1.807, 2.05) is 6.08 Å². The van der Waals surface area contributed by atoms with Crippen LogP contribution in [-0.4, -0.2) is 12.2 Å². The van der Waals surface area contributed by atoms with Crippen molar-refractivity contribution in [3.8, 4) is 0 Å². The van der Waals surface area contributed by atoms with Gasteiger partial charge in [0.05, 0.1) is 0 Å². The van der Waals surface area contributed by atoms with Crippen LogP contribution in [0.25, 0.3) is 0 Å². The molecule has 1 unspecified atom stereocenters. The van der Waals surface area contributed by atoms with Crippen molar-refractivity contribution in [1.82, 2.24) is 0 Å². The fourth-order valence-electron chi connectivity index (χ4n) is 1.65. The van der Waals surface area contributed by atoms with E-state index in [9.17, 15) is 0 Å². The molecule has 1 aliphatic carbocycles. The molecular formula is C10H14O2. The van der Waals surface area contributed by atoms with E-state index in [0.29, 0.717) is 11.8 Å². The summed E-state index contributed by atoms with van der Waals surface area (Å²) in [7, 11) is 0. The van der Waals surface area contributed by atoms with E-state index in [-0.39, 0.29) is 12.2 Å². The first-order chi connectivity index (χ1) is 5.77. The van der Waals surface area contributed by atoms with Crippen LogP contribution in [0.5, 0.6) is 0 Å². The maximum absolute atomic E-state index is 5.23. The average Bonchev–Trinajstić information content (AvgIpc) is 2.36. The molecule has 3 rings (SSSR count). The first kappa shape index (κ1) is 8.02. The molecule has 0 spiro atoms. The van der Waals surface area contributed by atoms with Gasteiger partial charge in [-0.1, -0.05) is 38.2 Å². The van der Waals surface area contributed by atoms with Gasteiger partial charge >= 0.3 is 0 Å². The number of hydrogen-bond donors (Lipinski definition) is 0. The van der Waals surface area contributed by atoms with E-state index in [2.05, 4.69) is 32.1 Å². The molecule has 2 nitrogen and oxygen atoms in total. The predicted molar refractivity (Wildman–Crippen MR) is 46.4 cm³/mol. The van der Waals surface area contributed by atoms with Gasteiger partial charge < -0.3 is 0 Å². The third-order valence-corrected chi connectivity index (χ3v) is 2.44. The molecule has 2 bridgehead atoms. The highest BCUT2D eigenvalue weighted by molar-refractivity contribution is 5.15. The number of fused-ring (bicyclic) bond motifs is 2. The number of hydrogen-bond acceptors (Lipinski definition) is 2. The van der Waals surface area contributed by atoms with E-state index in [0.717, 1.165) is 0 Å². The van der Waals surface area contributed by atoms with Crippen molar-refractivity contribution >= 4 is 0 Å². The van der Waals surface area contributed by atoms with Crippen LogP contribution in [0.1, 0.15) is 13.8 Å². The highest BCUT2D eigenvalue weighted by Gasteiger charge is 2.28. The molecule has 0 aromatic carbocycles. The van der Waals surface area contributed by atoms with Crippen molar-refractivity contribution < 1.29 is 9.78 Å². The minimum Gasteiger partial charge on any atom is -0.228 e. The van der Waals surface area contributed by atoms with Gasteiger partial charge in [-0.25, -0.2) is 9.78 Å². The summed E-state index contributed by atoms with van der Waals surface area (Å²) in [5.74, 6) is 1.05. The summed E-state index contributed by atoms with van der Waals surface area (Å²) in [6, 6.07) is 0. The van der Waals surface area contributed by atoms with E-state index in [1.165, 1.54) is 0 Å². The fraction of sp³-hybridized carbons (Fsp3) is 0.600. The summed E-state index contributed by atoms with van der Waals surface area (Å²) in [5.41, 5.74) is 0. The van der Waals surface area contributed by atoms with Crippen LogP contribution in [0, 0.1) is 11.8 Å². The van der Waals surface area contributed by atoms with Gasteiger partial charge in [-0.15, -0.1) is 0 Å². The van der Waals surface area contributed by atoms with Gasteiger partial charge in [0.15, 0.2) is 0 Å². The zero-order chi connectivity index (χ0) is 8.55. The van der Waals surface area contributed by atoms with Gasteiger partial charge in [0, 0.05) is 5.92 Å². The largest absolute Gasteiger partial charge is 0.228 e. The maximum Gasteiger partial charge on any atom is 0.129 e. The highest BCUT2D eigenvalue weighted by Crippen LogP contribution is 2.28. The van der Waals surface area contributed by atoms with E-state index >= 15 is 0 Å². The second-order valence-electron chi connectivity index (χ2n) is 3.71. The first-order valence-electron chi connectivity index (χ1n) is 4.46. The Balaban J connectivity index is 2.22. The minimum absolute atomic E-state index is 0.0324. The predicted octanol–water partition coefficient (Wildman–Crippen LogP) is 2.08. The summed E-state index contributed by atoms with van der Waals surface area (Å²) in [5, 5.41) is 0. The minimum atomic E-state index is 0.0324. The Kier molecular flexibility index (Phi) is 2.03. The zero-order valence-corrected chi connectivity index (χ0v) is 7.44. The molecule has 2 heterocycles. The lowest BCUT2D eigenvalue weighted by atomic mass is 9.90. The molecule has 0 amide bonds. The highest BCUT2D eigenvalue weighted by atomic mass is 17.2. The maximum atomic E-state index is 5.23. The molecular weight excluding hydrogens is 152 g/mol. The van der Waals surface area contributed by atoms with Crippen molar-refractivity contribution in [3.05, 3.63) is 24.3 Å². The Morgan fingerprint density at radius 2 is 1.75 bits per heavy atom. The summed E-state index contributed by atoms with van der Waals surface area (Å²) < 4.78 is 0. The van der Waals surface area contributed by atoms with Crippen molar-refractivity contribution in [3.63, 3.8) is 0 Å². The van der Waals surface area contributed by atoms with Crippen LogP contribution < -0.4 is 0 Å². The second-order valence-corrected chi connectivity index (χ2v) is 3.71. The van der Waals surface area contributed by atoms with Crippen molar-refractivity contribution in [1.29, 1.82) is 0 Å². The van der Waals surface area contributed by atoms with Crippen LogP contribution in [0.2, 0.25) is 0 Å². The van der Waals surface area contributed by atoms with Crippen LogP contribution in [-0.2, 0) is 9.78 Å². The Labute approximate surface area is 72.8 Å². The Bertz CT molecular complexity index is 218. The Morgan fingerprint density at radius 1 is 1.00 bits per heavy atom. The lowest BCUT2D eigenvalue weighted by Gasteiger charge is -2.24. The quantitative estimate of drug-likeness (QED) is 0.438. The van der Waals surface area contributed by atoms with Crippen LogP contribution in [0.15, 0.2) is 24.3 Å². The Morgan fingerprint density at radius 3 is 2.33 bits per heavy atom. The molecule has 0 saturated heterocycles. The third kappa shape index (κ3) is 1.32. The SMILES string of the molecule is CC(C)C1C=C[C@@H]2C=C[C@H]1OO2. The molecule has 0 saturated carbocycles. The monoisotopic (exact) mass is 166 g/mol. The third-order valence-electron chi connectivity index (χ3n) is 2.44. The normalized spacial score (nSPS) is 39.1. The van der Waals surface area contributed by atoms with Crippen LogP contribution >= 0.6 is 0 Å². The van der Waals surface area contributed by atoms with Gasteiger partial charge in [0.25, 0.3) is 0 Å². The summed E-state index contributed by atoms with van der Waals surface area (Å²) in [6.07, 6.45) is 8.55. The first-order valence-corrected chi connectivity index (χ1v) is 4.46. The average molecular weight is 166 g/mol.